The minimum atomic E-state index is -0.345. The molecule has 9 nitrogen and oxygen atoms in total. The van der Waals surface area contributed by atoms with Crippen LogP contribution in [0.2, 0.25) is 0 Å². The van der Waals surface area contributed by atoms with E-state index in [-0.39, 0.29) is 12.3 Å². The predicted octanol–water partition coefficient (Wildman–Crippen LogP) is 3.14. The van der Waals surface area contributed by atoms with Crippen molar-refractivity contribution >= 4 is 0 Å². The Hall–Kier alpha value is -3.88. The molecule has 0 spiro atoms. The van der Waals surface area contributed by atoms with Crippen molar-refractivity contribution in [2.75, 3.05) is 7.11 Å². The zero-order valence-corrected chi connectivity index (χ0v) is 18.6. The van der Waals surface area contributed by atoms with Crippen LogP contribution in [0.1, 0.15) is 24.5 Å². The number of hydrogen-bond donors (Lipinski definition) is 0. The van der Waals surface area contributed by atoms with E-state index in [9.17, 15) is 4.79 Å². The van der Waals surface area contributed by atoms with Crippen molar-refractivity contribution < 1.29 is 9.47 Å². The topological polar surface area (TPSA) is 89.0 Å². The average molecular weight is 435 g/mol. The number of aromatic nitrogens is 6. The summed E-state index contributed by atoms with van der Waals surface area (Å²) >= 11 is 0. The lowest BCUT2D eigenvalue weighted by molar-refractivity contribution is 0.294. The Morgan fingerprint density at radius 1 is 1.06 bits per heavy atom. The Balaban J connectivity index is 1.60. The molecule has 0 saturated carbocycles. The maximum Gasteiger partial charge on any atom is 0.368 e. The van der Waals surface area contributed by atoms with E-state index in [4.69, 9.17) is 9.47 Å². The third-order valence-electron chi connectivity index (χ3n) is 5.21. The van der Waals surface area contributed by atoms with Gasteiger partial charge in [0, 0.05) is 25.4 Å². The molecule has 4 aromatic rings. The minimum absolute atomic E-state index is 0.202. The lowest BCUT2D eigenvalue weighted by atomic mass is 10.1. The largest absolute Gasteiger partial charge is 0.496 e. The fraction of sp³-hybridized carbons (Fsp3) is 0.304. The van der Waals surface area contributed by atoms with E-state index in [2.05, 4.69) is 28.5 Å². The summed E-state index contributed by atoms with van der Waals surface area (Å²) in [6.45, 7) is 5.23. The summed E-state index contributed by atoms with van der Waals surface area (Å²) in [4.78, 5) is 12.4. The van der Waals surface area contributed by atoms with E-state index in [0.29, 0.717) is 17.0 Å². The maximum absolute atomic E-state index is 12.4. The quantitative estimate of drug-likeness (QED) is 0.423. The molecule has 2 aromatic heterocycles. The van der Waals surface area contributed by atoms with Gasteiger partial charge in [0.2, 0.25) is 0 Å². The standard InChI is InChI=1S/C23H26N6O3/c1-5-12-28-13-11-19(24-28)17-9-10-21(16(2)14-17)32-15-18-20(7-6-8-22(18)31-4)29-23(30)27(3)25-26-29/h6-11,13-14H,5,12,15H2,1-4H3. The summed E-state index contributed by atoms with van der Waals surface area (Å²) in [5.74, 6) is 1.35. The number of nitrogens with zero attached hydrogens (tertiary/aromatic N) is 6. The van der Waals surface area contributed by atoms with Crippen molar-refractivity contribution in [2.45, 2.75) is 33.4 Å². The van der Waals surface area contributed by atoms with Gasteiger partial charge in [0.15, 0.2) is 0 Å². The molecule has 0 radical (unpaired) electrons. The van der Waals surface area contributed by atoms with E-state index in [1.807, 2.05) is 42.1 Å². The van der Waals surface area contributed by atoms with Crippen LogP contribution < -0.4 is 15.2 Å². The molecule has 0 atom stereocenters. The van der Waals surface area contributed by atoms with E-state index in [1.54, 1.807) is 26.3 Å². The summed E-state index contributed by atoms with van der Waals surface area (Å²) in [6, 6.07) is 13.4. The van der Waals surface area contributed by atoms with Gasteiger partial charge in [0.25, 0.3) is 0 Å². The average Bonchev–Trinajstić information content (AvgIpc) is 3.40. The molecular weight excluding hydrogens is 408 g/mol. The molecule has 0 saturated heterocycles. The fourth-order valence-electron chi connectivity index (χ4n) is 3.54. The zero-order valence-electron chi connectivity index (χ0n) is 18.6. The van der Waals surface area contributed by atoms with Gasteiger partial charge < -0.3 is 9.47 Å². The lowest BCUT2D eigenvalue weighted by Gasteiger charge is -2.15. The second-order valence-corrected chi connectivity index (χ2v) is 7.49. The Bertz CT molecular complexity index is 1290. The van der Waals surface area contributed by atoms with Crippen LogP contribution in [-0.4, -0.2) is 36.7 Å². The summed E-state index contributed by atoms with van der Waals surface area (Å²) in [5, 5.41) is 12.4. The van der Waals surface area contributed by atoms with Gasteiger partial charge in [-0.25, -0.2) is 4.79 Å². The summed E-state index contributed by atoms with van der Waals surface area (Å²) in [6.07, 6.45) is 3.04. The van der Waals surface area contributed by atoms with Gasteiger partial charge in [0.05, 0.1) is 24.1 Å². The highest BCUT2D eigenvalue weighted by molar-refractivity contribution is 5.61. The monoisotopic (exact) mass is 434 g/mol. The highest BCUT2D eigenvalue weighted by atomic mass is 16.5. The van der Waals surface area contributed by atoms with Crippen LogP contribution >= 0.6 is 0 Å². The van der Waals surface area contributed by atoms with Gasteiger partial charge in [-0.2, -0.15) is 14.5 Å². The molecular formula is C23H26N6O3. The molecule has 0 aliphatic heterocycles. The zero-order chi connectivity index (χ0) is 22.7. The normalized spacial score (nSPS) is 11.0. The molecule has 32 heavy (non-hydrogen) atoms. The van der Waals surface area contributed by atoms with Crippen LogP contribution in [0.25, 0.3) is 16.9 Å². The molecule has 2 aromatic carbocycles. The first kappa shape index (κ1) is 21.4. The number of benzene rings is 2. The van der Waals surface area contributed by atoms with Gasteiger partial charge in [-0.3, -0.25) is 4.68 Å². The van der Waals surface area contributed by atoms with Gasteiger partial charge in [-0.05, 0) is 65.7 Å². The molecule has 0 fully saturated rings. The molecule has 0 unspecified atom stereocenters. The number of rotatable bonds is 8. The molecule has 166 valence electrons. The first-order chi connectivity index (χ1) is 15.5. The number of tetrazole rings is 1. The van der Waals surface area contributed by atoms with Crippen molar-refractivity contribution in [1.82, 2.24) is 29.6 Å². The van der Waals surface area contributed by atoms with E-state index >= 15 is 0 Å². The molecule has 2 heterocycles. The minimum Gasteiger partial charge on any atom is -0.496 e. The molecule has 0 aliphatic rings. The molecule has 0 aliphatic carbocycles. The summed E-state index contributed by atoms with van der Waals surface area (Å²) < 4.78 is 16.0. The Morgan fingerprint density at radius 2 is 1.91 bits per heavy atom. The molecule has 0 N–H and O–H groups in total. The highest BCUT2D eigenvalue weighted by Crippen LogP contribution is 2.29. The highest BCUT2D eigenvalue weighted by Gasteiger charge is 2.16. The molecule has 0 amide bonds. The Kier molecular flexibility index (Phi) is 6.07. The first-order valence-corrected chi connectivity index (χ1v) is 10.4. The van der Waals surface area contributed by atoms with Crippen molar-refractivity contribution in [1.29, 1.82) is 0 Å². The van der Waals surface area contributed by atoms with Crippen molar-refractivity contribution in [3.8, 4) is 28.4 Å². The second kappa shape index (κ2) is 9.09. The number of hydrogen-bond acceptors (Lipinski definition) is 6. The van der Waals surface area contributed by atoms with Crippen LogP contribution in [0.3, 0.4) is 0 Å². The van der Waals surface area contributed by atoms with E-state index in [0.717, 1.165) is 35.5 Å². The van der Waals surface area contributed by atoms with Crippen molar-refractivity contribution in [2.24, 2.45) is 7.05 Å². The number of methoxy groups -OCH3 is 1. The number of ether oxygens (including phenoxy) is 2. The lowest BCUT2D eigenvalue weighted by Crippen LogP contribution is -2.23. The van der Waals surface area contributed by atoms with Crippen LogP contribution in [-0.2, 0) is 20.2 Å². The van der Waals surface area contributed by atoms with Crippen molar-refractivity contribution in [3.05, 3.63) is 70.3 Å². The smallest absolute Gasteiger partial charge is 0.368 e. The number of aryl methyl sites for hydroxylation is 3. The van der Waals surface area contributed by atoms with Crippen LogP contribution in [0.5, 0.6) is 11.5 Å². The second-order valence-electron chi connectivity index (χ2n) is 7.49. The molecule has 9 heteroatoms. The third-order valence-corrected chi connectivity index (χ3v) is 5.21. The maximum atomic E-state index is 12.4. The van der Waals surface area contributed by atoms with Gasteiger partial charge in [0.1, 0.15) is 18.1 Å². The predicted molar refractivity (Wildman–Crippen MR) is 120 cm³/mol. The Labute approximate surface area is 185 Å². The van der Waals surface area contributed by atoms with Crippen LogP contribution in [0.4, 0.5) is 0 Å². The van der Waals surface area contributed by atoms with Crippen LogP contribution in [0.15, 0.2) is 53.5 Å². The van der Waals surface area contributed by atoms with Crippen LogP contribution in [0, 0.1) is 6.92 Å². The van der Waals surface area contributed by atoms with Gasteiger partial charge >= 0.3 is 5.69 Å². The SMILES string of the molecule is CCCn1ccc(-c2ccc(OCc3c(OC)cccc3-n3nnn(C)c3=O)c(C)c2)n1. The first-order valence-electron chi connectivity index (χ1n) is 10.4. The summed E-state index contributed by atoms with van der Waals surface area (Å²) in [7, 11) is 3.14. The molecule has 4 rings (SSSR count). The van der Waals surface area contributed by atoms with Crippen molar-refractivity contribution in [3.63, 3.8) is 0 Å². The third kappa shape index (κ3) is 4.14. The summed E-state index contributed by atoms with van der Waals surface area (Å²) in [5.41, 5.74) is 3.89. The Morgan fingerprint density at radius 3 is 2.59 bits per heavy atom. The van der Waals surface area contributed by atoms with Gasteiger partial charge in [-0.15, -0.1) is 0 Å². The van der Waals surface area contributed by atoms with E-state index < -0.39 is 0 Å². The van der Waals surface area contributed by atoms with E-state index in [1.165, 1.54) is 9.36 Å². The fourth-order valence-corrected chi connectivity index (χ4v) is 3.54. The molecule has 0 bridgehead atoms. The van der Waals surface area contributed by atoms with Gasteiger partial charge in [-0.1, -0.05) is 13.0 Å².